The van der Waals surface area contributed by atoms with Gasteiger partial charge in [0.2, 0.25) is 0 Å². The van der Waals surface area contributed by atoms with Gasteiger partial charge in [0.05, 0.1) is 35.3 Å². The van der Waals surface area contributed by atoms with Gasteiger partial charge in [-0.05, 0) is 29.3 Å². The minimum atomic E-state index is -4.54. The molecular weight excluding hydrogens is 407 g/mol. The number of aliphatic hydroxyl groups excluding tert-OH is 1. The zero-order valence-corrected chi connectivity index (χ0v) is 15.6. The summed E-state index contributed by atoms with van der Waals surface area (Å²) in [5.41, 5.74) is 0.353. The number of halogens is 4. The number of hydrogen-bond donors (Lipinski definition) is 2. The number of hydrogen-bond acceptors (Lipinski definition) is 4. The Morgan fingerprint density at radius 3 is 2.69 bits per heavy atom. The van der Waals surface area contributed by atoms with Crippen LogP contribution in [0.2, 0.25) is 5.02 Å². The number of nitrogens with zero attached hydrogens (tertiary/aromatic N) is 2. The number of aromatic nitrogens is 2. The molecule has 1 heterocycles. The average molecular weight is 422 g/mol. The topological polar surface area (TPSA) is 67.2 Å². The third-order valence-corrected chi connectivity index (χ3v) is 5.22. The second-order valence-corrected chi connectivity index (χ2v) is 7.11. The molecule has 0 unspecified atom stereocenters. The Kier molecular flexibility index (Phi) is 4.84. The molecule has 0 aliphatic heterocycles. The third-order valence-electron chi connectivity index (χ3n) is 4.85. The van der Waals surface area contributed by atoms with Crippen LogP contribution in [-0.2, 0) is 12.6 Å². The Hall–Kier alpha value is -2.84. The number of nitrogens with one attached hydrogen (secondary N) is 1. The number of rotatable bonds is 3. The van der Waals surface area contributed by atoms with E-state index in [9.17, 15) is 23.1 Å². The first-order chi connectivity index (χ1) is 13.8. The van der Waals surface area contributed by atoms with Crippen molar-refractivity contribution >= 4 is 17.3 Å². The smallest absolute Gasteiger partial charge is 0.390 e. The van der Waals surface area contributed by atoms with Crippen LogP contribution in [0.3, 0.4) is 0 Å². The fourth-order valence-electron chi connectivity index (χ4n) is 3.45. The standard InChI is InChI=1S/C20H15ClF3N3O2/c21-17-15(26-18-14-7-2-1-4-11(14)8-16(18)28)10-25-27(19(17)29)13-6-3-5-12(9-13)20(22,23)24/h1-7,9-10,16,18,26,28H,8H2/t16-,18+/m1/s1. The van der Waals surface area contributed by atoms with E-state index in [0.717, 1.165) is 27.9 Å². The highest BCUT2D eigenvalue weighted by atomic mass is 35.5. The molecule has 4 rings (SSSR count). The molecule has 0 spiro atoms. The normalized spacial score (nSPS) is 18.5. The molecule has 1 aliphatic rings. The number of benzene rings is 2. The van der Waals surface area contributed by atoms with Gasteiger partial charge in [0.25, 0.3) is 5.56 Å². The van der Waals surface area contributed by atoms with Crippen LogP contribution in [0, 0.1) is 0 Å². The maximum Gasteiger partial charge on any atom is 0.416 e. The van der Waals surface area contributed by atoms with Gasteiger partial charge in [0.1, 0.15) is 5.02 Å². The predicted octanol–water partition coefficient (Wildman–Crippen LogP) is 3.97. The molecule has 150 valence electrons. The van der Waals surface area contributed by atoms with Crippen molar-refractivity contribution in [2.45, 2.75) is 24.7 Å². The number of alkyl halides is 3. The summed E-state index contributed by atoms with van der Waals surface area (Å²) in [4.78, 5) is 12.6. The molecule has 0 saturated heterocycles. The quantitative estimate of drug-likeness (QED) is 0.671. The molecular formula is C20H15ClF3N3O2. The summed E-state index contributed by atoms with van der Waals surface area (Å²) >= 11 is 6.19. The maximum absolute atomic E-state index is 12.9. The maximum atomic E-state index is 12.9. The Morgan fingerprint density at radius 1 is 1.17 bits per heavy atom. The van der Waals surface area contributed by atoms with Crippen LogP contribution in [-0.4, -0.2) is 21.0 Å². The average Bonchev–Trinajstić information content (AvgIpc) is 3.00. The molecule has 0 bridgehead atoms. The largest absolute Gasteiger partial charge is 0.416 e. The van der Waals surface area contributed by atoms with Crippen LogP contribution in [0.1, 0.15) is 22.7 Å². The van der Waals surface area contributed by atoms with Gasteiger partial charge in [-0.2, -0.15) is 23.0 Å². The molecule has 9 heteroatoms. The van der Waals surface area contributed by atoms with Crippen LogP contribution in [0.25, 0.3) is 5.69 Å². The van der Waals surface area contributed by atoms with E-state index in [2.05, 4.69) is 10.4 Å². The van der Waals surface area contributed by atoms with Crippen LogP contribution in [0.5, 0.6) is 0 Å². The van der Waals surface area contributed by atoms with E-state index in [1.807, 2.05) is 24.3 Å². The monoisotopic (exact) mass is 421 g/mol. The predicted molar refractivity (Wildman–Crippen MR) is 102 cm³/mol. The van der Waals surface area contributed by atoms with Gasteiger partial charge < -0.3 is 10.4 Å². The molecule has 5 nitrogen and oxygen atoms in total. The van der Waals surface area contributed by atoms with E-state index in [0.29, 0.717) is 6.42 Å². The first kappa shape index (κ1) is 19.5. The number of aliphatic hydroxyl groups is 1. The van der Waals surface area contributed by atoms with Crippen molar-refractivity contribution in [2.75, 3.05) is 5.32 Å². The summed E-state index contributed by atoms with van der Waals surface area (Å²) in [5, 5.41) is 17.1. The molecule has 2 aromatic carbocycles. The summed E-state index contributed by atoms with van der Waals surface area (Å²) in [6.45, 7) is 0. The highest BCUT2D eigenvalue weighted by Crippen LogP contribution is 2.35. The van der Waals surface area contributed by atoms with Gasteiger partial charge >= 0.3 is 6.18 Å². The lowest BCUT2D eigenvalue weighted by atomic mass is 10.1. The molecule has 2 atom stereocenters. The molecule has 0 amide bonds. The first-order valence-corrected chi connectivity index (χ1v) is 9.11. The number of anilines is 1. The molecule has 0 radical (unpaired) electrons. The zero-order chi connectivity index (χ0) is 20.8. The van der Waals surface area contributed by atoms with Crippen molar-refractivity contribution in [1.82, 2.24) is 9.78 Å². The Labute approximate surface area is 168 Å². The van der Waals surface area contributed by atoms with Crippen LogP contribution in [0.4, 0.5) is 18.9 Å². The summed E-state index contributed by atoms with van der Waals surface area (Å²) in [5.74, 6) is 0. The SMILES string of the molecule is O=c1c(Cl)c(N[C@H]2c3ccccc3C[C@H]2O)cnn1-c1cccc(C(F)(F)F)c1. The number of fused-ring (bicyclic) bond motifs is 1. The highest BCUT2D eigenvalue weighted by molar-refractivity contribution is 6.33. The van der Waals surface area contributed by atoms with Crippen molar-refractivity contribution in [3.63, 3.8) is 0 Å². The summed E-state index contributed by atoms with van der Waals surface area (Å²) in [6.07, 6.45) is -3.54. The van der Waals surface area contributed by atoms with Crippen molar-refractivity contribution in [3.8, 4) is 5.69 Å². The summed E-state index contributed by atoms with van der Waals surface area (Å²) in [7, 11) is 0. The molecule has 0 saturated carbocycles. The minimum Gasteiger partial charge on any atom is -0.390 e. The van der Waals surface area contributed by atoms with Gasteiger partial charge in [-0.15, -0.1) is 0 Å². The van der Waals surface area contributed by atoms with Crippen molar-refractivity contribution in [2.24, 2.45) is 0 Å². The van der Waals surface area contributed by atoms with Gasteiger partial charge in [0.15, 0.2) is 0 Å². The van der Waals surface area contributed by atoms with Crippen molar-refractivity contribution < 1.29 is 18.3 Å². The second kappa shape index (κ2) is 7.20. The molecule has 3 aromatic rings. The van der Waals surface area contributed by atoms with Crippen molar-refractivity contribution in [3.05, 3.63) is 86.8 Å². The summed E-state index contributed by atoms with van der Waals surface area (Å²) < 4.78 is 39.6. The van der Waals surface area contributed by atoms with Gasteiger partial charge in [-0.1, -0.05) is 41.9 Å². The third kappa shape index (κ3) is 3.61. The van der Waals surface area contributed by atoms with E-state index >= 15 is 0 Å². The van der Waals surface area contributed by atoms with E-state index in [1.54, 1.807) is 0 Å². The van der Waals surface area contributed by atoms with Gasteiger partial charge in [-0.3, -0.25) is 4.79 Å². The van der Waals surface area contributed by atoms with E-state index in [1.165, 1.54) is 18.3 Å². The Bertz CT molecular complexity index is 1130. The minimum absolute atomic E-state index is 0.0514. The lowest BCUT2D eigenvalue weighted by Gasteiger charge is -2.20. The summed E-state index contributed by atoms with van der Waals surface area (Å²) in [6, 6.07) is 11.3. The molecule has 2 N–H and O–H groups in total. The van der Waals surface area contributed by atoms with Crippen LogP contribution in [0.15, 0.2) is 59.5 Å². The van der Waals surface area contributed by atoms with Crippen LogP contribution < -0.4 is 10.9 Å². The van der Waals surface area contributed by atoms with E-state index in [4.69, 9.17) is 11.6 Å². The fraction of sp³-hybridized carbons (Fsp3) is 0.200. The van der Waals surface area contributed by atoms with Crippen LogP contribution >= 0.6 is 11.6 Å². The van der Waals surface area contributed by atoms with E-state index < -0.39 is 29.4 Å². The Balaban J connectivity index is 1.68. The fourth-order valence-corrected chi connectivity index (χ4v) is 3.63. The van der Waals surface area contributed by atoms with Gasteiger partial charge in [-0.25, -0.2) is 0 Å². The molecule has 1 aliphatic carbocycles. The second-order valence-electron chi connectivity index (χ2n) is 6.73. The zero-order valence-electron chi connectivity index (χ0n) is 14.8. The van der Waals surface area contributed by atoms with Crippen molar-refractivity contribution in [1.29, 1.82) is 0 Å². The lowest BCUT2D eigenvalue weighted by molar-refractivity contribution is -0.137. The lowest BCUT2D eigenvalue weighted by Crippen LogP contribution is -2.26. The molecule has 29 heavy (non-hydrogen) atoms. The van der Waals surface area contributed by atoms with Gasteiger partial charge in [0, 0.05) is 6.42 Å². The highest BCUT2D eigenvalue weighted by Gasteiger charge is 2.32. The van der Waals surface area contributed by atoms with E-state index in [-0.39, 0.29) is 16.4 Å². The first-order valence-electron chi connectivity index (χ1n) is 8.73. The molecule has 0 fully saturated rings. The Morgan fingerprint density at radius 2 is 1.93 bits per heavy atom. The molecule has 1 aromatic heterocycles.